The van der Waals surface area contributed by atoms with E-state index >= 15 is 0 Å². The standard InChI is InChI=1S/C14H29N/c1-6-11(3)13(15-7-2)12-9-8-10-14(12,4)5/h11-13,15H,6-10H2,1-5H3. The highest BCUT2D eigenvalue weighted by Gasteiger charge is 2.40. The molecule has 3 atom stereocenters. The highest BCUT2D eigenvalue weighted by molar-refractivity contribution is 4.93. The zero-order valence-electron chi connectivity index (χ0n) is 11.3. The molecule has 1 saturated carbocycles. The van der Waals surface area contributed by atoms with Gasteiger partial charge < -0.3 is 5.32 Å². The zero-order chi connectivity index (χ0) is 11.5. The van der Waals surface area contributed by atoms with Gasteiger partial charge in [-0.05, 0) is 36.6 Å². The van der Waals surface area contributed by atoms with Crippen LogP contribution in [0.1, 0.15) is 60.3 Å². The summed E-state index contributed by atoms with van der Waals surface area (Å²) in [6, 6.07) is 0.734. The Kier molecular flexibility index (Phi) is 4.64. The van der Waals surface area contributed by atoms with Crippen LogP contribution in [-0.2, 0) is 0 Å². The van der Waals surface area contributed by atoms with Crippen LogP contribution < -0.4 is 5.32 Å². The molecular weight excluding hydrogens is 182 g/mol. The fourth-order valence-electron chi connectivity index (χ4n) is 3.25. The second-order valence-electron chi connectivity index (χ2n) is 5.96. The molecule has 1 aliphatic rings. The molecule has 0 saturated heterocycles. The van der Waals surface area contributed by atoms with Gasteiger partial charge in [-0.15, -0.1) is 0 Å². The summed E-state index contributed by atoms with van der Waals surface area (Å²) in [6.07, 6.45) is 5.56. The molecule has 0 aromatic carbocycles. The number of hydrogen-bond acceptors (Lipinski definition) is 1. The highest BCUT2D eigenvalue weighted by Crippen LogP contribution is 2.46. The minimum atomic E-state index is 0.552. The van der Waals surface area contributed by atoms with Gasteiger partial charge in [0.15, 0.2) is 0 Å². The molecule has 90 valence electrons. The third kappa shape index (κ3) is 2.96. The first-order valence-electron chi connectivity index (χ1n) is 6.76. The van der Waals surface area contributed by atoms with Gasteiger partial charge in [0.2, 0.25) is 0 Å². The van der Waals surface area contributed by atoms with Crippen LogP contribution in [0.4, 0.5) is 0 Å². The first-order valence-corrected chi connectivity index (χ1v) is 6.76. The maximum atomic E-state index is 3.73. The second kappa shape index (κ2) is 5.34. The van der Waals surface area contributed by atoms with Gasteiger partial charge in [-0.1, -0.05) is 47.5 Å². The van der Waals surface area contributed by atoms with Crippen molar-refractivity contribution in [2.24, 2.45) is 17.3 Å². The lowest BCUT2D eigenvalue weighted by Gasteiger charge is -2.38. The summed E-state index contributed by atoms with van der Waals surface area (Å²) in [6.45, 7) is 13.0. The van der Waals surface area contributed by atoms with Crippen LogP contribution in [0.2, 0.25) is 0 Å². The first kappa shape index (κ1) is 13.0. The van der Waals surface area contributed by atoms with Gasteiger partial charge in [0, 0.05) is 6.04 Å². The Hall–Kier alpha value is -0.0400. The van der Waals surface area contributed by atoms with Gasteiger partial charge in [-0.2, -0.15) is 0 Å². The molecule has 0 amide bonds. The van der Waals surface area contributed by atoms with E-state index in [0.717, 1.165) is 24.4 Å². The molecule has 1 nitrogen and oxygen atoms in total. The van der Waals surface area contributed by atoms with Crippen molar-refractivity contribution in [1.29, 1.82) is 0 Å². The zero-order valence-corrected chi connectivity index (χ0v) is 11.3. The molecule has 0 bridgehead atoms. The Morgan fingerprint density at radius 1 is 1.33 bits per heavy atom. The van der Waals surface area contributed by atoms with Crippen LogP contribution >= 0.6 is 0 Å². The normalized spacial score (nSPS) is 29.0. The molecule has 1 rings (SSSR count). The maximum absolute atomic E-state index is 3.73. The van der Waals surface area contributed by atoms with Crippen molar-refractivity contribution in [3.8, 4) is 0 Å². The molecule has 1 aliphatic carbocycles. The van der Waals surface area contributed by atoms with E-state index in [1.165, 1.54) is 25.7 Å². The summed E-state index contributed by atoms with van der Waals surface area (Å²) in [4.78, 5) is 0. The van der Waals surface area contributed by atoms with Crippen LogP contribution in [0.15, 0.2) is 0 Å². The van der Waals surface area contributed by atoms with Gasteiger partial charge >= 0.3 is 0 Å². The molecule has 1 fully saturated rings. The van der Waals surface area contributed by atoms with Gasteiger partial charge in [0.1, 0.15) is 0 Å². The van der Waals surface area contributed by atoms with Crippen molar-refractivity contribution in [3.63, 3.8) is 0 Å². The van der Waals surface area contributed by atoms with E-state index in [0.29, 0.717) is 5.41 Å². The van der Waals surface area contributed by atoms with Crippen molar-refractivity contribution in [1.82, 2.24) is 5.32 Å². The second-order valence-corrected chi connectivity index (χ2v) is 5.96. The van der Waals surface area contributed by atoms with E-state index in [-0.39, 0.29) is 0 Å². The van der Waals surface area contributed by atoms with E-state index in [1.807, 2.05) is 0 Å². The molecule has 0 radical (unpaired) electrons. The minimum absolute atomic E-state index is 0.552. The largest absolute Gasteiger partial charge is 0.314 e. The fourth-order valence-corrected chi connectivity index (χ4v) is 3.25. The molecule has 0 aromatic heterocycles. The topological polar surface area (TPSA) is 12.0 Å². The molecule has 1 heteroatoms. The monoisotopic (exact) mass is 211 g/mol. The molecule has 0 aromatic rings. The predicted molar refractivity (Wildman–Crippen MR) is 68.0 cm³/mol. The maximum Gasteiger partial charge on any atom is 0.0126 e. The van der Waals surface area contributed by atoms with Gasteiger partial charge in [0.05, 0.1) is 0 Å². The third-order valence-corrected chi connectivity index (χ3v) is 4.47. The van der Waals surface area contributed by atoms with E-state index in [9.17, 15) is 0 Å². The minimum Gasteiger partial charge on any atom is -0.314 e. The van der Waals surface area contributed by atoms with E-state index < -0.39 is 0 Å². The van der Waals surface area contributed by atoms with Crippen molar-refractivity contribution < 1.29 is 0 Å². The quantitative estimate of drug-likeness (QED) is 0.728. The lowest BCUT2D eigenvalue weighted by Crippen LogP contribution is -2.44. The summed E-state index contributed by atoms with van der Waals surface area (Å²) in [5.74, 6) is 1.69. The van der Waals surface area contributed by atoms with Crippen LogP contribution in [0.25, 0.3) is 0 Å². The van der Waals surface area contributed by atoms with Crippen LogP contribution in [-0.4, -0.2) is 12.6 Å². The Morgan fingerprint density at radius 3 is 2.40 bits per heavy atom. The SMILES string of the molecule is CCNC(C(C)CC)C1CCCC1(C)C. The van der Waals surface area contributed by atoms with Crippen molar-refractivity contribution in [2.45, 2.75) is 66.3 Å². The van der Waals surface area contributed by atoms with Crippen molar-refractivity contribution in [3.05, 3.63) is 0 Å². The molecule has 3 unspecified atom stereocenters. The van der Waals surface area contributed by atoms with Crippen LogP contribution in [0.3, 0.4) is 0 Å². The average molecular weight is 211 g/mol. The summed E-state index contributed by atoms with van der Waals surface area (Å²) < 4.78 is 0. The van der Waals surface area contributed by atoms with Gasteiger partial charge in [-0.3, -0.25) is 0 Å². The molecule has 15 heavy (non-hydrogen) atoms. The predicted octanol–water partition coefficient (Wildman–Crippen LogP) is 3.84. The summed E-state index contributed by atoms with van der Waals surface area (Å²) in [5, 5.41) is 3.73. The Morgan fingerprint density at radius 2 is 2.00 bits per heavy atom. The molecule has 0 heterocycles. The fraction of sp³-hybridized carbons (Fsp3) is 1.00. The van der Waals surface area contributed by atoms with Crippen molar-refractivity contribution in [2.75, 3.05) is 6.54 Å². The van der Waals surface area contributed by atoms with Gasteiger partial charge in [0.25, 0.3) is 0 Å². The summed E-state index contributed by atoms with van der Waals surface area (Å²) in [7, 11) is 0. The molecular formula is C14H29N. The van der Waals surface area contributed by atoms with E-state index in [2.05, 4.69) is 39.9 Å². The number of hydrogen-bond donors (Lipinski definition) is 1. The number of rotatable bonds is 5. The Balaban J connectivity index is 2.70. The summed E-state index contributed by atoms with van der Waals surface area (Å²) in [5.41, 5.74) is 0.552. The van der Waals surface area contributed by atoms with E-state index in [1.54, 1.807) is 0 Å². The Labute approximate surface area is 96.0 Å². The lowest BCUT2D eigenvalue weighted by atomic mass is 9.73. The average Bonchev–Trinajstić information content (AvgIpc) is 2.53. The first-order chi connectivity index (χ1) is 7.03. The third-order valence-electron chi connectivity index (χ3n) is 4.47. The molecule has 0 aliphatic heterocycles. The van der Waals surface area contributed by atoms with Gasteiger partial charge in [-0.25, -0.2) is 0 Å². The number of nitrogens with one attached hydrogen (secondary N) is 1. The van der Waals surface area contributed by atoms with Crippen LogP contribution in [0.5, 0.6) is 0 Å². The summed E-state index contributed by atoms with van der Waals surface area (Å²) >= 11 is 0. The Bertz CT molecular complexity index is 186. The highest BCUT2D eigenvalue weighted by atomic mass is 14.9. The molecule has 1 N–H and O–H groups in total. The molecule has 0 spiro atoms. The van der Waals surface area contributed by atoms with Crippen LogP contribution in [0, 0.1) is 17.3 Å². The van der Waals surface area contributed by atoms with Crippen molar-refractivity contribution >= 4 is 0 Å². The lowest BCUT2D eigenvalue weighted by molar-refractivity contribution is 0.158. The smallest absolute Gasteiger partial charge is 0.0126 e. The van der Waals surface area contributed by atoms with E-state index in [4.69, 9.17) is 0 Å².